The minimum atomic E-state index is -0.741. The van der Waals surface area contributed by atoms with Crippen LogP contribution in [-0.4, -0.2) is 28.6 Å². The lowest BCUT2D eigenvalue weighted by molar-refractivity contribution is 0.379. The quantitative estimate of drug-likeness (QED) is 0.876. The van der Waals surface area contributed by atoms with Gasteiger partial charge in [0.1, 0.15) is 17.3 Å². The first-order valence-electron chi connectivity index (χ1n) is 5.89. The summed E-state index contributed by atoms with van der Waals surface area (Å²) in [6.45, 7) is 2.45. The van der Waals surface area contributed by atoms with Gasteiger partial charge in [-0.2, -0.15) is 15.0 Å². The highest BCUT2D eigenvalue weighted by Gasteiger charge is 2.12. The van der Waals surface area contributed by atoms with E-state index in [1.807, 2.05) is 6.92 Å². The zero-order valence-electron chi connectivity index (χ0n) is 10.9. The predicted molar refractivity (Wildman–Crippen MR) is 70.2 cm³/mol. The molecule has 0 unspecified atom stereocenters. The summed E-state index contributed by atoms with van der Waals surface area (Å²) in [5.41, 5.74) is -0.330. The summed E-state index contributed by atoms with van der Waals surface area (Å²) in [4.78, 5) is 11.8. The SMILES string of the molecule is CCNc1nc(Nc2c(F)cccc2F)nc(OC)n1. The van der Waals surface area contributed by atoms with Crippen molar-refractivity contribution in [2.45, 2.75) is 6.92 Å². The summed E-state index contributed by atoms with van der Waals surface area (Å²) in [7, 11) is 1.39. The molecule has 20 heavy (non-hydrogen) atoms. The number of rotatable bonds is 5. The van der Waals surface area contributed by atoms with Crippen LogP contribution in [0.2, 0.25) is 0 Å². The maximum atomic E-state index is 13.5. The highest BCUT2D eigenvalue weighted by Crippen LogP contribution is 2.22. The molecule has 0 saturated carbocycles. The van der Waals surface area contributed by atoms with Gasteiger partial charge in [-0.3, -0.25) is 0 Å². The van der Waals surface area contributed by atoms with E-state index in [1.54, 1.807) is 0 Å². The lowest BCUT2D eigenvalue weighted by atomic mass is 10.3. The molecule has 1 aromatic carbocycles. The molecule has 0 aliphatic rings. The molecule has 0 bridgehead atoms. The smallest absolute Gasteiger partial charge is 0.322 e. The van der Waals surface area contributed by atoms with Crippen LogP contribution in [0.4, 0.5) is 26.4 Å². The highest BCUT2D eigenvalue weighted by molar-refractivity contribution is 5.56. The number of anilines is 3. The number of ether oxygens (including phenoxy) is 1. The summed E-state index contributed by atoms with van der Waals surface area (Å²) in [5.74, 6) is -1.25. The van der Waals surface area contributed by atoms with E-state index >= 15 is 0 Å². The molecule has 1 aromatic heterocycles. The maximum absolute atomic E-state index is 13.5. The van der Waals surface area contributed by atoms with E-state index in [0.29, 0.717) is 6.54 Å². The fraction of sp³-hybridized carbons (Fsp3) is 0.250. The third-order valence-electron chi connectivity index (χ3n) is 2.33. The number of halogens is 2. The molecule has 0 aliphatic heterocycles. The van der Waals surface area contributed by atoms with Crippen molar-refractivity contribution >= 4 is 17.6 Å². The Morgan fingerprint density at radius 3 is 2.35 bits per heavy atom. The number of para-hydroxylation sites is 1. The second kappa shape index (κ2) is 6.09. The van der Waals surface area contributed by atoms with Gasteiger partial charge in [-0.1, -0.05) is 6.07 Å². The van der Waals surface area contributed by atoms with Gasteiger partial charge in [0.15, 0.2) is 0 Å². The molecule has 0 spiro atoms. The van der Waals surface area contributed by atoms with Crippen molar-refractivity contribution in [3.05, 3.63) is 29.8 Å². The summed E-state index contributed by atoms with van der Waals surface area (Å²) >= 11 is 0. The number of nitrogens with one attached hydrogen (secondary N) is 2. The Balaban J connectivity index is 2.35. The molecular formula is C12H13F2N5O. The van der Waals surface area contributed by atoms with Crippen LogP contribution >= 0.6 is 0 Å². The van der Waals surface area contributed by atoms with Crippen LogP contribution < -0.4 is 15.4 Å². The summed E-state index contributed by atoms with van der Waals surface area (Å²) < 4.78 is 32.0. The van der Waals surface area contributed by atoms with Crippen LogP contribution in [0.1, 0.15) is 6.92 Å². The molecule has 0 fully saturated rings. The molecule has 2 rings (SSSR count). The van der Waals surface area contributed by atoms with Gasteiger partial charge in [-0.15, -0.1) is 0 Å². The van der Waals surface area contributed by atoms with Crippen LogP contribution in [0.5, 0.6) is 6.01 Å². The van der Waals surface area contributed by atoms with Gasteiger partial charge < -0.3 is 15.4 Å². The minimum Gasteiger partial charge on any atom is -0.467 e. The fourth-order valence-electron chi connectivity index (χ4n) is 1.47. The monoisotopic (exact) mass is 281 g/mol. The Hall–Kier alpha value is -2.51. The molecule has 0 aliphatic carbocycles. The van der Waals surface area contributed by atoms with Gasteiger partial charge in [-0.25, -0.2) is 8.78 Å². The second-order valence-corrected chi connectivity index (χ2v) is 3.72. The van der Waals surface area contributed by atoms with Gasteiger partial charge in [0, 0.05) is 6.54 Å². The zero-order valence-corrected chi connectivity index (χ0v) is 10.9. The van der Waals surface area contributed by atoms with E-state index in [1.165, 1.54) is 13.2 Å². The molecule has 6 nitrogen and oxygen atoms in total. The van der Waals surface area contributed by atoms with Crippen molar-refractivity contribution in [1.82, 2.24) is 15.0 Å². The van der Waals surface area contributed by atoms with Gasteiger partial charge in [0.2, 0.25) is 11.9 Å². The summed E-state index contributed by atoms with van der Waals surface area (Å²) in [6, 6.07) is 3.58. The Morgan fingerprint density at radius 1 is 1.10 bits per heavy atom. The molecule has 0 amide bonds. The number of aromatic nitrogens is 3. The standard InChI is InChI=1S/C12H13F2N5O/c1-3-15-10-17-11(19-12(18-10)20-2)16-9-7(13)5-4-6-8(9)14/h4-6H,3H2,1-2H3,(H2,15,16,17,18,19). The highest BCUT2D eigenvalue weighted by atomic mass is 19.1. The van der Waals surface area contributed by atoms with Gasteiger partial charge in [0.25, 0.3) is 0 Å². The van der Waals surface area contributed by atoms with E-state index in [0.717, 1.165) is 12.1 Å². The molecule has 0 radical (unpaired) electrons. The normalized spacial score (nSPS) is 10.2. The molecule has 2 aromatic rings. The molecule has 1 heterocycles. The number of hydrogen-bond acceptors (Lipinski definition) is 6. The fourth-order valence-corrected chi connectivity index (χ4v) is 1.47. The van der Waals surface area contributed by atoms with E-state index in [4.69, 9.17) is 4.74 Å². The van der Waals surface area contributed by atoms with E-state index in [9.17, 15) is 8.78 Å². The molecule has 0 saturated heterocycles. The summed E-state index contributed by atoms with van der Waals surface area (Å²) in [5, 5.41) is 5.35. The van der Waals surface area contributed by atoms with Crippen LogP contribution in [0.3, 0.4) is 0 Å². The van der Waals surface area contributed by atoms with Crippen LogP contribution in [0.25, 0.3) is 0 Å². The number of methoxy groups -OCH3 is 1. The first kappa shape index (κ1) is 13.9. The largest absolute Gasteiger partial charge is 0.467 e. The molecular weight excluding hydrogens is 268 g/mol. The number of benzene rings is 1. The Morgan fingerprint density at radius 2 is 1.75 bits per heavy atom. The van der Waals surface area contributed by atoms with Crippen LogP contribution in [0.15, 0.2) is 18.2 Å². The maximum Gasteiger partial charge on any atom is 0.322 e. The Kier molecular flexibility index (Phi) is 4.24. The van der Waals surface area contributed by atoms with Crippen molar-refractivity contribution in [3.8, 4) is 6.01 Å². The van der Waals surface area contributed by atoms with E-state index < -0.39 is 11.6 Å². The lowest BCUT2D eigenvalue weighted by Crippen LogP contribution is -2.09. The molecule has 8 heteroatoms. The van der Waals surface area contributed by atoms with Crippen LogP contribution in [-0.2, 0) is 0 Å². The average Bonchev–Trinajstić information content (AvgIpc) is 2.43. The third-order valence-corrected chi connectivity index (χ3v) is 2.33. The summed E-state index contributed by atoms with van der Waals surface area (Å²) in [6.07, 6.45) is 0. The molecule has 0 atom stereocenters. The Labute approximate surface area is 114 Å². The Bertz CT molecular complexity index is 588. The van der Waals surface area contributed by atoms with Crippen molar-refractivity contribution in [2.24, 2.45) is 0 Å². The molecule has 106 valence electrons. The van der Waals surface area contributed by atoms with Crippen molar-refractivity contribution in [3.63, 3.8) is 0 Å². The van der Waals surface area contributed by atoms with Crippen molar-refractivity contribution in [2.75, 3.05) is 24.3 Å². The topological polar surface area (TPSA) is 72.0 Å². The van der Waals surface area contributed by atoms with Gasteiger partial charge in [0.05, 0.1) is 7.11 Å². The number of nitrogens with zero attached hydrogens (tertiary/aromatic N) is 3. The second-order valence-electron chi connectivity index (χ2n) is 3.72. The predicted octanol–water partition coefficient (Wildman–Crippen LogP) is 2.33. The van der Waals surface area contributed by atoms with Crippen LogP contribution in [0, 0.1) is 11.6 Å². The lowest BCUT2D eigenvalue weighted by Gasteiger charge is -2.09. The zero-order chi connectivity index (χ0) is 14.5. The van der Waals surface area contributed by atoms with Crippen molar-refractivity contribution in [1.29, 1.82) is 0 Å². The first-order chi connectivity index (χ1) is 9.63. The van der Waals surface area contributed by atoms with E-state index in [2.05, 4.69) is 25.6 Å². The third kappa shape index (κ3) is 3.08. The molecule has 2 N–H and O–H groups in total. The average molecular weight is 281 g/mol. The van der Waals surface area contributed by atoms with Crippen molar-refractivity contribution < 1.29 is 13.5 Å². The number of hydrogen-bond donors (Lipinski definition) is 2. The van der Waals surface area contributed by atoms with Gasteiger partial charge >= 0.3 is 6.01 Å². The minimum absolute atomic E-state index is 0.0169. The van der Waals surface area contributed by atoms with Gasteiger partial charge in [-0.05, 0) is 19.1 Å². The van der Waals surface area contributed by atoms with E-state index in [-0.39, 0.29) is 23.6 Å². The first-order valence-corrected chi connectivity index (χ1v) is 5.89.